The monoisotopic (exact) mass is 526 g/mol. The van der Waals surface area contributed by atoms with Crippen LogP contribution in [-0.2, 0) is 23.0 Å². The van der Waals surface area contributed by atoms with E-state index in [4.69, 9.17) is 0 Å². The summed E-state index contributed by atoms with van der Waals surface area (Å²) in [5, 5.41) is 5.53. The van der Waals surface area contributed by atoms with Crippen LogP contribution in [0.15, 0.2) is 53.4 Å². The molecule has 2 aromatic rings. The fraction of sp³-hybridized carbons (Fsp3) is 0.444. The van der Waals surface area contributed by atoms with Gasteiger partial charge in [0.2, 0.25) is 0 Å². The van der Waals surface area contributed by atoms with Crippen molar-refractivity contribution >= 4 is 28.0 Å². The van der Waals surface area contributed by atoms with E-state index in [2.05, 4.69) is 29.2 Å². The molecule has 37 heavy (non-hydrogen) atoms. The van der Waals surface area contributed by atoms with Crippen molar-refractivity contribution in [2.24, 2.45) is 11.8 Å². The highest BCUT2D eigenvalue weighted by Crippen LogP contribution is 2.29. The van der Waals surface area contributed by atoms with Gasteiger partial charge in [-0.25, -0.2) is 22.7 Å². The lowest BCUT2D eigenvalue weighted by Gasteiger charge is -2.31. The molecule has 0 saturated heterocycles. The Balaban J connectivity index is 1.23. The van der Waals surface area contributed by atoms with Crippen LogP contribution in [0.1, 0.15) is 61.0 Å². The van der Waals surface area contributed by atoms with E-state index in [1.54, 1.807) is 24.3 Å². The Bertz CT molecular complexity index is 1250. The Kier molecular flexibility index (Phi) is 8.16. The molecule has 198 valence electrons. The minimum atomic E-state index is -4.00. The van der Waals surface area contributed by atoms with Gasteiger partial charge in [0.1, 0.15) is 0 Å². The zero-order valence-electron chi connectivity index (χ0n) is 21.2. The maximum absolute atomic E-state index is 12.6. The van der Waals surface area contributed by atoms with Gasteiger partial charge in [0.05, 0.1) is 11.4 Å². The number of carbonyl (C=O) groups excluding carboxylic acids is 3. The van der Waals surface area contributed by atoms with Gasteiger partial charge in [-0.3, -0.25) is 9.69 Å². The number of hydrogen-bond donors (Lipinski definition) is 3. The molecule has 2 aliphatic rings. The molecule has 4 rings (SSSR count). The highest BCUT2D eigenvalue weighted by molar-refractivity contribution is 7.90. The summed E-state index contributed by atoms with van der Waals surface area (Å²) < 4.78 is 27.4. The lowest BCUT2D eigenvalue weighted by molar-refractivity contribution is 0.0821. The van der Waals surface area contributed by atoms with E-state index in [1.165, 1.54) is 17.0 Å². The molecule has 5 amide bonds. The molecule has 1 heterocycles. The van der Waals surface area contributed by atoms with E-state index in [0.717, 1.165) is 36.8 Å². The van der Waals surface area contributed by atoms with Crippen LogP contribution in [-0.4, -0.2) is 43.9 Å². The third kappa shape index (κ3) is 6.49. The molecule has 0 spiro atoms. The van der Waals surface area contributed by atoms with E-state index in [0.29, 0.717) is 23.8 Å². The van der Waals surface area contributed by atoms with E-state index in [-0.39, 0.29) is 29.9 Å². The van der Waals surface area contributed by atoms with Crippen LogP contribution in [0.5, 0.6) is 0 Å². The number of imide groups is 1. The second-order valence-electron chi connectivity index (χ2n) is 10.1. The molecule has 10 heteroatoms. The Hall–Kier alpha value is -3.40. The molecular weight excluding hydrogens is 492 g/mol. The molecule has 0 unspecified atom stereocenters. The summed E-state index contributed by atoms with van der Waals surface area (Å²) in [7, 11) is -4.00. The predicted molar refractivity (Wildman–Crippen MR) is 139 cm³/mol. The van der Waals surface area contributed by atoms with Crippen molar-refractivity contribution in [3.05, 3.63) is 65.2 Å². The van der Waals surface area contributed by atoms with Gasteiger partial charge in [-0.1, -0.05) is 44.2 Å². The highest BCUT2D eigenvalue weighted by atomic mass is 32.2. The largest absolute Gasteiger partial charge is 0.337 e. The van der Waals surface area contributed by atoms with Crippen molar-refractivity contribution in [1.82, 2.24) is 20.3 Å². The minimum Gasteiger partial charge on any atom is -0.337 e. The minimum absolute atomic E-state index is 0.0145. The van der Waals surface area contributed by atoms with Gasteiger partial charge in [-0.05, 0) is 73.3 Å². The Morgan fingerprint density at radius 1 is 1.00 bits per heavy atom. The standard InChI is InChI=1S/C27H34N4O5S/c1-18(2)20-9-11-22(12-10-20)29-26(33)30-37(35,36)23-13-7-19(8-14-23)15-16-28-27(34)31-17-21-5-3-4-6-24(21)25(31)32/h3-8,13-14,18,20,22H,9-12,15-17H2,1-2H3,(H,28,34)(H2,29,30,33). The van der Waals surface area contributed by atoms with Gasteiger partial charge >= 0.3 is 12.1 Å². The van der Waals surface area contributed by atoms with E-state index in [9.17, 15) is 22.8 Å². The van der Waals surface area contributed by atoms with Gasteiger partial charge in [0.15, 0.2) is 0 Å². The Labute approximate surface area is 218 Å². The summed E-state index contributed by atoms with van der Waals surface area (Å²) in [6, 6.07) is 12.1. The lowest BCUT2D eigenvalue weighted by Crippen LogP contribution is -2.45. The Morgan fingerprint density at radius 2 is 1.68 bits per heavy atom. The molecule has 1 saturated carbocycles. The first kappa shape index (κ1) is 26.7. The third-order valence-corrected chi connectivity index (χ3v) is 8.61. The normalized spacial score (nSPS) is 19.4. The number of benzene rings is 2. The highest BCUT2D eigenvalue weighted by Gasteiger charge is 2.31. The molecule has 0 bridgehead atoms. The third-order valence-electron chi connectivity index (χ3n) is 7.27. The van der Waals surface area contributed by atoms with Crippen molar-refractivity contribution in [2.75, 3.05) is 6.54 Å². The molecular formula is C27H34N4O5S. The van der Waals surface area contributed by atoms with Gasteiger partial charge < -0.3 is 10.6 Å². The van der Waals surface area contributed by atoms with E-state index in [1.807, 2.05) is 12.1 Å². The number of hydrogen-bond acceptors (Lipinski definition) is 5. The van der Waals surface area contributed by atoms with E-state index < -0.39 is 22.1 Å². The van der Waals surface area contributed by atoms with Crippen LogP contribution in [0.25, 0.3) is 0 Å². The number of urea groups is 2. The number of nitrogens with one attached hydrogen (secondary N) is 3. The van der Waals surface area contributed by atoms with Gasteiger partial charge in [0.25, 0.3) is 15.9 Å². The number of nitrogens with zero attached hydrogens (tertiary/aromatic N) is 1. The number of rotatable bonds is 7. The van der Waals surface area contributed by atoms with Crippen LogP contribution in [0.2, 0.25) is 0 Å². The zero-order chi connectivity index (χ0) is 26.6. The van der Waals surface area contributed by atoms with Gasteiger partial charge in [-0.2, -0.15) is 0 Å². The first-order chi connectivity index (χ1) is 17.6. The quantitative estimate of drug-likeness (QED) is 0.506. The SMILES string of the molecule is CC(C)C1CCC(NC(=O)NS(=O)(=O)c2ccc(CCNC(=O)N3Cc4ccccc4C3=O)cc2)CC1. The maximum Gasteiger partial charge on any atom is 0.328 e. The molecule has 1 fully saturated rings. The summed E-state index contributed by atoms with van der Waals surface area (Å²) in [5.41, 5.74) is 2.16. The average Bonchev–Trinajstić information content (AvgIpc) is 3.21. The molecule has 9 nitrogen and oxygen atoms in total. The number of amides is 5. The van der Waals surface area contributed by atoms with Gasteiger partial charge in [-0.15, -0.1) is 0 Å². The molecule has 1 aliphatic carbocycles. The van der Waals surface area contributed by atoms with Crippen molar-refractivity contribution in [2.45, 2.75) is 63.4 Å². The summed E-state index contributed by atoms with van der Waals surface area (Å²) >= 11 is 0. The molecule has 0 radical (unpaired) electrons. The maximum atomic E-state index is 12.6. The number of carbonyl (C=O) groups is 3. The summed E-state index contributed by atoms with van der Waals surface area (Å²) in [6.45, 7) is 4.93. The smallest absolute Gasteiger partial charge is 0.328 e. The fourth-order valence-electron chi connectivity index (χ4n) is 4.99. The van der Waals surface area contributed by atoms with Crippen molar-refractivity contribution in [1.29, 1.82) is 0 Å². The predicted octanol–water partition coefficient (Wildman–Crippen LogP) is 3.80. The average molecular weight is 527 g/mol. The first-order valence-corrected chi connectivity index (χ1v) is 14.2. The van der Waals surface area contributed by atoms with Crippen molar-refractivity contribution in [3.63, 3.8) is 0 Å². The summed E-state index contributed by atoms with van der Waals surface area (Å²) in [4.78, 5) is 38.3. The van der Waals surface area contributed by atoms with Gasteiger partial charge in [0, 0.05) is 18.2 Å². The lowest BCUT2D eigenvalue weighted by atomic mass is 9.80. The molecule has 2 aromatic carbocycles. The van der Waals surface area contributed by atoms with Crippen molar-refractivity contribution < 1.29 is 22.8 Å². The van der Waals surface area contributed by atoms with Crippen molar-refractivity contribution in [3.8, 4) is 0 Å². The first-order valence-electron chi connectivity index (χ1n) is 12.7. The van der Waals surface area contributed by atoms with E-state index >= 15 is 0 Å². The van der Waals surface area contributed by atoms with Crippen LogP contribution in [0.3, 0.4) is 0 Å². The zero-order valence-corrected chi connectivity index (χ0v) is 22.0. The fourth-order valence-corrected chi connectivity index (χ4v) is 5.90. The second kappa shape index (κ2) is 11.3. The van der Waals surface area contributed by atoms with Crippen LogP contribution >= 0.6 is 0 Å². The van der Waals surface area contributed by atoms with Crippen LogP contribution in [0, 0.1) is 11.8 Å². The number of sulfonamides is 1. The Morgan fingerprint density at radius 3 is 2.32 bits per heavy atom. The van der Waals surface area contributed by atoms with Crippen LogP contribution in [0.4, 0.5) is 9.59 Å². The second-order valence-corrected chi connectivity index (χ2v) is 11.8. The van der Waals surface area contributed by atoms with Crippen LogP contribution < -0.4 is 15.4 Å². The molecule has 1 aliphatic heterocycles. The summed E-state index contributed by atoms with van der Waals surface area (Å²) in [5.74, 6) is 0.945. The molecule has 0 aromatic heterocycles. The topological polar surface area (TPSA) is 125 Å². The molecule has 3 N–H and O–H groups in total. The summed E-state index contributed by atoms with van der Waals surface area (Å²) in [6.07, 6.45) is 4.20. The molecule has 0 atom stereocenters. The number of fused-ring (bicyclic) bond motifs is 1.